The third-order valence-corrected chi connectivity index (χ3v) is 9.21. The van der Waals surface area contributed by atoms with Crippen LogP contribution in [-0.4, -0.2) is 35.6 Å². The van der Waals surface area contributed by atoms with Crippen molar-refractivity contribution in [3.05, 3.63) is 48.6 Å². The Balaban J connectivity index is 4.15. The van der Waals surface area contributed by atoms with Crippen LogP contribution in [0.5, 0.6) is 0 Å². The van der Waals surface area contributed by atoms with E-state index in [0.29, 0.717) is 12.8 Å². The van der Waals surface area contributed by atoms with Crippen molar-refractivity contribution in [1.29, 1.82) is 0 Å². The summed E-state index contributed by atoms with van der Waals surface area (Å²) in [5.41, 5.74) is 0. The Labute approximate surface area is 314 Å². The summed E-state index contributed by atoms with van der Waals surface area (Å²) >= 11 is 0. The molecule has 0 radical (unpaired) electrons. The van der Waals surface area contributed by atoms with Gasteiger partial charge < -0.3 is 15.2 Å². The average molecular weight is 714 g/mol. The SMILES string of the molecule is CCCCC/C=C\C/C=C\C/C=C\CCCCCCCCC(=O)OC(/C=C\CCCCCCCCC)CCCCCCCCC(=O)NCC(=O)O. The molecule has 6 nitrogen and oxygen atoms in total. The van der Waals surface area contributed by atoms with Gasteiger partial charge in [-0.25, -0.2) is 0 Å². The van der Waals surface area contributed by atoms with Crippen molar-refractivity contribution in [2.45, 2.75) is 213 Å². The Morgan fingerprint density at radius 1 is 0.529 bits per heavy atom. The summed E-state index contributed by atoms with van der Waals surface area (Å²) in [7, 11) is 0. The molecule has 0 fully saturated rings. The van der Waals surface area contributed by atoms with Gasteiger partial charge in [0.05, 0.1) is 0 Å². The highest BCUT2D eigenvalue weighted by molar-refractivity contribution is 5.80. The van der Waals surface area contributed by atoms with Crippen LogP contribution in [0.25, 0.3) is 0 Å². The second kappa shape index (κ2) is 40.1. The van der Waals surface area contributed by atoms with E-state index in [1.54, 1.807) is 0 Å². The van der Waals surface area contributed by atoms with E-state index >= 15 is 0 Å². The van der Waals surface area contributed by atoms with Crippen LogP contribution in [-0.2, 0) is 19.1 Å². The van der Waals surface area contributed by atoms with Gasteiger partial charge in [-0.1, -0.05) is 159 Å². The first-order chi connectivity index (χ1) is 25.0. The van der Waals surface area contributed by atoms with Gasteiger partial charge in [0.25, 0.3) is 0 Å². The Morgan fingerprint density at radius 2 is 0.961 bits per heavy atom. The molecule has 0 saturated heterocycles. The highest BCUT2D eigenvalue weighted by atomic mass is 16.5. The van der Waals surface area contributed by atoms with Crippen molar-refractivity contribution < 1.29 is 24.2 Å². The first kappa shape index (κ1) is 48.4. The normalized spacial score (nSPS) is 12.5. The Bertz CT molecular complexity index is 922. The zero-order valence-electron chi connectivity index (χ0n) is 33.2. The van der Waals surface area contributed by atoms with E-state index in [0.717, 1.165) is 83.5 Å². The number of nitrogens with one attached hydrogen (secondary N) is 1. The summed E-state index contributed by atoms with van der Waals surface area (Å²) in [6, 6.07) is 0. The van der Waals surface area contributed by atoms with Gasteiger partial charge in [-0.2, -0.15) is 0 Å². The number of carbonyl (C=O) groups is 3. The Hall–Kier alpha value is -2.63. The topological polar surface area (TPSA) is 92.7 Å². The maximum Gasteiger partial charge on any atom is 0.322 e. The number of amides is 1. The molecule has 0 aliphatic heterocycles. The maximum absolute atomic E-state index is 12.7. The second-order valence-corrected chi connectivity index (χ2v) is 14.2. The number of aliphatic carboxylic acids is 1. The quantitative estimate of drug-likeness (QED) is 0.0377. The van der Waals surface area contributed by atoms with E-state index in [9.17, 15) is 14.4 Å². The van der Waals surface area contributed by atoms with Gasteiger partial charge in [0.15, 0.2) is 0 Å². The van der Waals surface area contributed by atoms with Crippen LogP contribution < -0.4 is 5.32 Å². The van der Waals surface area contributed by atoms with Crippen LogP contribution in [0.1, 0.15) is 206 Å². The number of carboxylic acid groups (broad SMARTS) is 1. The van der Waals surface area contributed by atoms with Gasteiger partial charge in [-0.15, -0.1) is 0 Å². The van der Waals surface area contributed by atoms with Crippen LogP contribution >= 0.6 is 0 Å². The van der Waals surface area contributed by atoms with Crippen molar-refractivity contribution in [2.24, 2.45) is 0 Å². The molecule has 0 aliphatic rings. The molecular weight excluding hydrogens is 634 g/mol. The van der Waals surface area contributed by atoms with Gasteiger partial charge in [0.2, 0.25) is 5.91 Å². The molecule has 0 aliphatic carbocycles. The number of carbonyl (C=O) groups excluding carboxylic acids is 2. The van der Waals surface area contributed by atoms with Crippen molar-refractivity contribution in [3.8, 4) is 0 Å². The van der Waals surface area contributed by atoms with E-state index in [1.807, 2.05) is 0 Å². The fourth-order valence-corrected chi connectivity index (χ4v) is 6.02. The molecule has 1 atom stereocenters. The monoisotopic (exact) mass is 714 g/mol. The van der Waals surface area contributed by atoms with Crippen molar-refractivity contribution in [2.75, 3.05) is 6.54 Å². The highest BCUT2D eigenvalue weighted by Crippen LogP contribution is 2.16. The minimum Gasteiger partial charge on any atom is -0.480 e. The Morgan fingerprint density at radius 3 is 1.53 bits per heavy atom. The smallest absolute Gasteiger partial charge is 0.322 e. The molecule has 1 amide bonds. The lowest BCUT2D eigenvalue weighted by Gasteiger charge is -2.15. The predicted octanol–water partition coefficient (Wildman–Crippen LogP) is 13.1. The molecular formula is C45H79NO5. The molecule has 294 valence electrons. The largest absolute Gasteiger partial charge is 0.480 e. The van der Waals surface area contributed by atoms with Crippen molar-refractivity contribution >= 4 is 17.8 Å². The molecule has 2 N–H and O–H groups in total. The first-order valence-electron chi connectivity index (χ1n) is 21.3. The minimum absolute atomic E-state index is 0.0658. The summed E-state index contributed by atoms with van der Waals surface area (Å²) in [6.45, 7) is 4.19. The van der Waals surface area contributed by atoms with Gasteiger partial charge in [0.1, 0.15) is 12.6 Å². The third kappa shape index (κ3) is 40.0. The molecule has 0 saturated carbocycles. The van der Waals surface area contributed by atoms with E-state index in [4.69, 9.17) is 9.84 Å². The van der Waals surface area contributed by atoms with Crippen LogP contribution in [0.3, 0.4) is 0 Å². The van der Waals surface area contributed by atoms with E-state index in [2.05, 4.69) is 67.8 Å². The molecule has 0 spiro atoms. The number of unbranched alkanes of at least 4 members (excludes halogenated alkanes) is 21. The summed E-state index contributed by atoms with van der Waals surface area (Å²) in [6.07, 6.45) is 51.0. The molecule has 1 unspecified atom stereocenters. The standard InChI is InChI=1S/C45H79NO5/c1-3-5-7-9-11-13-14-15-16-17-18-19-20-21-22-24-26-32-36-40-45(50)51-42(37-33-29-25-23-12-10-8-6-4-2)38-34-30-27-28-31-35-39-43(47)46-41-44(48)49/h11,13,15-16,18-19,33,37,42H,3-10,12,14,17,20-32,34-36,38-41H2,1-2H3,(H,46,47)(H,48,49)/b13-11-,16-15-,19-18-,37-33-. The van der Waals surface area contributed by atoms with Crippen molar-refractivity contribution in [3.63, 3.8) is 0 Å². The van der Waals surface area contributed by atoms with Gasteiger partial charge in [-0.3, -0.25) is 14.4 Å². The van der Waals surface area contributed by atoms with E-state index in [1.165, 1.54) is 96.3 Å². The maximum atomic E-state index is 12.7. The Kier molecular flexibility index (Phi) is 38.1. The lowest BCUT2D eigenvalue weighted by molar-refractivity contribution is -0.147. The number of allylic oxidation sites excluding steroid dienone is 7. The summed E-state index contributed by atoms with van der Waals surface area (Å²) < 4.78 is 5.94. The zero-order valence-corrected chi connectivity index (χ0v) is 33.2. The van der Waals surface area contributed by atoms with E-state index in [-0.39, 0.29) is 24.5 Å². The third-order valence-electron chi connectivity index (χ3n) is 9.21. The lowest BCUT2D eigenvalue weighted by Crippen LogP contribution is -2.28. The van der Waals surface area contributed by atoms with Crippen LogP contribution in [0.2, 0.25) is 0 Å². The number of rotatable bonds is 38. The van der Waals surface area contributed by atoms with Crippen LogP contribution in [0, 0.1) is 0 Å². The fraction of sp³-hybridized carbons (Fsp3) is 0.756. The number of carboxylic acids is 1. The number of hydrogen-bond donors (Lipinski definition) is 2. The first-order valence-corrected chi connectivity index (χ1v) is 21.3. The zero-order chi connectivity index (χ0) is 37.3. The highest BCUT2D eigenvalue weighted by Gasteiger charge is 2.11. The molecule has 0 heterocycles. The van der Waals surface area contributed by atoms with Crippen LogP contribution in [0.4, 0.5) is 0 Å². The van der Waals surface area contributed by atoms with Gasteiger partial charge in [0, 0.05) is 12.8 Å². The summed E-state index contributed by atoms with van der Waals surface area (Å²) in [5.74, 6) is -1.28. The van der Waals surface area contributed by atoms with Crippen LogP contribution in [0.15, 0.2) is 48.6 Å². The number of hydrogen-bond acceptors (Lipinski definition) is 4. The fourth-order valence-electron chi connectivity index (χ4n) is 6.02. The molecule has 51 heavy (non-hydrogen) atoms. The minimum atomic E-state index is -1.02. The molecule has 0 aromatic carbocycles. The lowest BCUT2D eigenvalue weighted by atomic mass is 10.0. The van der Waals surface area contributed by atoms with Gasteiger partial charge in [-0.05, 0) is 83.1 Å². The molecule has 0 aromatic rings. The summed E-state index contributed by atoms with van der Waals surface area (Å²) in [5, 5.41) is 11.1. The van der Waals surface area contributed by atoms with Gasteiger partial charge >= 0.3 is 11.9 Å². The van der Waals surface area contributed by atoms with E-state index < -0.39 is 5.97 Å². The molecule has 6 heteroatoms. The number of esters is 1. The van der Waals surface area contributed by atoms with Crippen molar-refractivity contribution in [1.82, 2.24) is 5.32 Å². The molecule has 0 rings (SSSR count). The molecule has 0 bridgehead atoms. The number of ether oxygens (including phenoxy) is 1. The molecule has 0 aromatic heterocycles. The summed E-state index contributed by atoms with van der Waals surface area (Å²) in [4.78, 5) is 34.9. The second-order valence-electron chi connectivity index (χ2n) is 14.2. The average Bonchev–Trinajstić information content (AvgIpc) is 3.11. The predicted molar refractivity (Wildman–Crippen MR) is 217 cm³/mol.